The van der Waals surface area contributed by atoms with Gasteiger partial charge in [-0.05, 0) is 30.5 Å². The van der Waals surface area contributed by atoms with Crippen LogP contribution in [0.3, 0.4) is 0 Å². The zero-order chi connectivity index (χ0) is 12.4. The first-order valence-corrected chi connectivity index (χ1v) is 6.49. The third kappa shape index (κ3) is 2.20. The van der Waals surface area contributed by atoms with Crippen molar-refractivity contribution < 1.29 is 14.3 Å². The van der Waals surface area contributed by atoms with E-state index < -0.39 is 0 Å². The van der Waals surface area contributed by atoms with E-state index in [4.69, 9.17) is 9.47 Å². The van der Waals surface area contributed by atoms with E-state index in [-0.39, 0.29) is 12.1 Å². The Morgan fingerprint density at radius 3 is 3.22 bits per heavy atom. The highest BCUT2D eigenvalue weighted by Crippen LogP contribution is 2.26. The highest BCUT2D eigenvalue weighted by Gasteiger charge is 2.23. The van der Waals surface area contributed by atoms with Gasteiger partial charge < -0.3 is 14.8 Å². The van der Waals surface area contributed by atoms with Gasteiger partial charge in [-0.25, -0.2) is 4.79 Å². The van der Waals surface area contributed by atoms with Gasteiger partial charge in [0.15, 0.2) is 0 Å². The smallest absolute Gasteiger partial charge is 0.338 e. The molecule has 2 aliphatic heterocycles. The van der Waals surface area contributed by atoms with Crippen LogP contribution in [0, 0.1) is 0 Å². The Morgan fingerprint density at radius 1 is 1.44 bits per heavy atom. The summed E-state index contributed by atoms with van der Waals surface area (Å²) in [4.78, 5) is 12.2. The lowest BCUT2D eigenvalue weighted by atomic mass is 9.98. The molecule has 0 aliphatic carbocycles. The summed E-state index contributed by atoms with van der Waals surface area (Å²) in [5.74, 6) is -0.217. The fraction of sp³-hybridized carbons (Fsp3) is 0.500. The van der Waals surface area contributed by atoms with Crippen LogP contribution >= 0.6 is 0 Å². The molecule has 2 heterocycles. The molecule has 0 spiro atoms. The van der Waals surface area contributed by atoms with Crippen LogP contribution < -0.4 is 5.32 Å². The van der Waals surface area contributed by atoms with Crippen molar-refractivity contribution in [3.05, 3.63) is 29.3 Å². The van der Waals surface area contributed by atoms with Crippen molar-refractivity contribution >= 4 is 11.7 Å². The van der Waals surface area contributed by atoms with Crippen LogP contribution in [0.1, 0.15) is 28.8 Å². The molecular weight excluding hydrogens is 230 g/mol. The quantitative estimate of drug-likeness (QED) is 0.812. The Hall–Kier alpha value is -1.55. The highest BCUT2D eigenvalue weighted by molar-refractivity contribution is 5.93. The second-order valence-electron chi connectivity index (χ2n) is 4.75. The molecule has 96 valence electrons. The molecule has 1 saturated heterocycles. The zero-order valence-corrected chi connectivity index (χ0v) is 10.3. The highest BCUT2D eigenvalue weighted by atomic mass is 16.6. The van der Waals surface area contributed by atoms with Crippen molar-refractivity contribution in [1.29, 1.82) is 0 Å². The number of ether oxygens (including phenoxy) is 2. The summed E-state index contributed by atoms with van der Waals surface area (Å²) in [6.07, 6.45) is 2.72. The molecule has 0 bridgehead atoms. The fourth-order valence-corrected chi connectivity index (χ4v) is 2.52. The maximum Gasteiger partial charge on any atom is 0.338 e. The topological polar surface area (TPSA) is 47.6 Å². The maximum absolute atomic E-state index is 12.2. The molecule has 1 atom stereocenters. The molecular formula is C14H17NO3. The van der Waals surface area contributed by atoms with Crippen LogP contribution in [-0.4, -0.2) is 31.8 Å². The number of benzene rings is 1. The summed E-state index contributed by atoms with van der Waals surface area (Å²) in [6, 6.07) is 5.77. The summed E-state index contributed by atoms with van der Waals surface area (Å²) in [5, 5.41) is 3.32. The summed E-state index contributed by atoms with van der Waals surface area (Å²) < 4.78 is 10.7. The summed E-state index contributed by atoms with van der Waals surface area (Å²) >= 11 is 0. The zero-order valence-electron chi connectivity index (χ0n) is 10.3. The van der Waals surface area contributed by atoms with Crippen molar-refractivity contribution in [3.63, 3.8) is 0 Å². The first-order chi connectivity index (χ1) is 8.84. The van der Waals surface area contributed by atoms with Gasteiger partial charge >= 0.3 is 5.97 Å². The standard InChI is InChI=1S/C14H17NO3/c16-14(18-10-6-8-17-9-10)12-3-1-5-13-11(12)4-2-7-15-13/h1,3,5,10,15H,2,4,6-9H2. The predicted molar refractivity (Wildman–Crippen MR) is 67.9 cm³/mol. The lowest BCUT2D eigenvalue weighted by Crippen LogP contribution is -2.21. The average molecular weight is 247 g/mol. The van der Waals surface area contributed by atoms with Crippen molar-refractivity contribution in [2.45, 2.75) is 25.4 Å². The minimum Gasteiger partial charge on any atom is -0.456 e. The first kappa shape index (κ1) is 11.5. The fourth-order valence-electron chi connectivity index (χ4n) is 2.52. The largest absolute Gasteiger partial charge is 0.456 e. The molecule has 1 unspecified atom stereocenters. The molecule has 3 rings (SSSR count). The van der Waals surface area contributed by atoms with Crippen LogP contribution in [0.4, 0.5) is 5.69 Å². The molecule has 2 aliphatic rings. The number of fused-ring (bicyclic) bond motifs is 1. The Morgan fingerprint density at radius 2 is 2.39 bits per heavy atom. The van der Waals surface area contributed by atoms with E-state index in [9.17, 15) is 4.79 Å². The van der Waals surface area contributed by atoms with Gasteiger partial charge in [0.2, 0.25) is 0 Å². The van der Waals surface area contributed by atoms with Gasteiger partial charge in [-0.15, -0.1) is 0 Å². The van der Waals surface area contributed by atoms with Crippen LogP contribution in [0.2, 0.25) is 0 Å². The molecule has 0 saturated carbocycles. The van der Waals surface area contributed by atoms with Gasteiger partial charge in [0.1, 0.15) is 6.10 Å². The molecule has 4 nitrogen and oxygen atoms in total. The lowest BCUT2D eigenvalue weighted by molar-refractivity contribution is 0.0269. The van der Waals surface area contributed by atoms with E-state index in [1.807, 2.05) is 18.2 Å². The van der Waals surface area contributed by atoms with Gasteiger partial charge in [-0.2, -0.15) is 0 Å². The van der Waals surface area contributed by atoms with Crippen molar-refractivity contribution in [1.82, 2.24) is 0 Å². The number of rotatable bonds is 2. The van der Waals surface area contributed by atoms with E-state index in [1.165, 1.54) is 0 Å². The summed E-state index contributed by atoms with van der Waals surface area (Å²) in [5.41, 5.74) is 2.86. The molecule has 0 aromatic heterocycles. The van der Waals surface area contributed by atoms with E-state index >= 15 is 0 Å². The molecule has 4 heteroatoms. The van der Waals surface area contributed by atoms with Gasteiger partial charge in [0.25, 0.3) is 0 Å². The van der Waals surface area contributed by atoms with Crippen LogP contribution in [-0.2, 0) is 15.9 Å². The van der Waals surface area contributed by atoms with E-state index in [1.54, 1.807) is 0 Å². The number of hydrogen-bond donors (Lipinski definition) is 1. The normalized spacial score (nSPS) is 22.1. The number of anilines is 1. The van der Waals surface area contributed by atoms with Gasteiger partial charge in [-0.3, -0.25) is 0 Å². The second kappa shape index (κ2) is 4.98. The van der Waals surface area contributed by atoms with Crippen LogP contribution in [0.5, 0.6) is 0 Å². The summed E-state index contributed by atoms with van der Waals surface area (Å²) in [6.45, 7) is 2.19. The Balaban J connectivity index is 1.80. The molecule has 1 fully saturated rings. The van der Waals surface area contributed by atoms with Gasteiger partial charge in [0, 0.05) is 18.7 Å². The Bertz CT molecular complexity index is 452. The third-order valence-corrected chi connectivity index (χ3v) is 3.48. The molecule has 1 aromatic rings. The van der Waals surface area contributed by atoms with E-state index in [0.717, 1.165) is 37.1 Å². The number of hydrogen-bond acceptors (Lipinski definition) is 4. The van der Waals surface area contributed by atoms with E-state index in [0.29, 0.717) is 18.8 Å². The van der Waals surface area contributed by atoms with Gasteiger partial charge in [0.05, 0.1) is 18.8 Å². The Labute approximate surface area is 106 Å². The molecule has 1 N–H and O–H groups in total. The minimum atomic E-state index is -0.217. The average Bonchev–Trinajstić information content (AvgIpc) is 2.91. The van der Waals surface area contributed by atoms with Crippen LogP contribution in [0.15, 0.2) is 18.2 Å². The number of nitrogens with one attached hydrogen (secondary N) is 1. The summed E-state index contributed by atoms with van der Waals surface area (Å²) in [7, 11) is 0. The van der Waals surface area contributed by atoms with Crippen LogP contribution in [0.25, 0.3) is 0 Å². The molecule has 18 heavy (non-hydrogen) atoms. The van der Waals surface area contributed by atoms with Gasteiger partial charge in [-0.1, -0.05) is 6.07 Å². The third-order valence-electron chi connectivity index (χ3n) is 3.48. The SMILES string of the molecule is O=C(OC1CCOC1)c1cccc2c1CCCN2. The maximum atomic E-state index is 12.2. The number of esters is 1. The van der Waals surface area contributed by atoms with E-state index in [2.05, 4.69) is 5.32 Å². The molecule has 0 amide bonds. The second-order valence-corrected chi connectivity index (χ2v) is 4.75. The Kier molecular flexibility index (Phi) is 3.19. The number of carbonyl (C=O) groups excluding carboxylic acids is 1. The van der Waals surface area contributed by atoms with Crippen molar-refractivity contribution in [2.75, 3.05) is 25.1 Å². The first-order valence-electron chi connectivity index (χ1n) is 6.49. The van der Waals surface area contributed by atoms with Crippen molar-refractivity contribution in [3.8, 4) is 0 Å². The predicted octanol–water partition coefficient (Wildman–Crippen LogP) is 1.99. The number of carbonyl (C=O) groups is 1. The molecule has 1 aromatic carbocycles. The monoisotopic (exact) mass is 247 g/mol. The minimum absolute atomic E-state index is 0.0788. The molecule has 0 radical (unpaired) electrons. The van der Waals surface area contributed by atoms with Crippen molar-refractivity contribution in [2.24, 2.45) is 0 Å². The lowest BCUT2D eigenvalue weighted by Gasteiger charge is -2.20.